The highest BCUT2D eigenvalue weighted by Gasteiger charge is 2.14. The number of anilines is 3. The lowest BCUT2D eigenvalue weighted by Crippen LogP contribution is -2.32. The Labute approximate surface area is 155 Å². The molecule has 1 unspecified atom stereocenters. The van der Waals surface area contributed by atoms with Crippen LogP contribution in [0.15, 0.2) is 48.5 Å². The molecular formula is C22H25N3O. The number of hydrogen-bond acceptors (Lipinski definition) is 3. The largest absolute Gasteiger partial charge is 0.374 e. The number of hydrogen-bond donors (Lipinski definition) is 2. The SMILES string of the molecule is C#Cc1cccc(NC(C)C(=O)Nc2ccc(N3CCCCC3)cc2)c1. The first-order valence-corrected chi connectivity index (χ1v) is 9.15. The molecule has 1 amide bonds. The van der Waals surface area contributed by atoms with Gasteiger partial charge >= 0.3 is 0 Å². The summed E-state index contributed by atoms with van der Waals surface area (Å²) in [7, 11) is 0. The van der Waals surface area contributed by atoms with Gasteiger partial charge in [-0.3, -0.25) is 4.79 Å². The van der Waals surface area contributed by atoms with E-state index in [1.807, 2.05) is 43.3 Å². The first-order chi connectivity index (χ1) is 12.7. The highest BCUT2D eigenvalue weighted by Crippen LogP contribution is 2.22. The first-order valence-electron chi connectivity index (χ1n) is 9.15. The molecule has 26 heavy (non-hydrogen) atoms. The molecule has 1 aliphatic rings. The summed E-state index contributed by atoms with van der Waals surface area (Å²) in [5.74, 6) is 2.52. The molecule has 1 fully saturated rings. The van der Waals surface area contributed by atoms with E-state index in [9.17, 15) is 4.79 Å². The van der Waals surface area contributed by atoms with Crippen molar-refractivity contribution in [3.8, 4) is 12.3 Å². The van der Waals surface area contributed by atoms with Gasteiger partial charge in [0.05, 0.1) is 0 Å². The second-order valence-electron chi connectivity index (χ2n) is 6.68. The van der Waals surface area contributed by atoms with Gasteiger partial charge in [0, 0.05) is 35.7 Å². The molecule has 1 atom stereocenters. The zero-order chi connectivity index (χ0) is 18.4. The molecule has 0 bridgehead atoms. The van der Waals surface area contributed by atoms with Crippen LogP contribution in [0.2, 0.25) is 0 Å². The van der Waals surface area contributed by atoms with Crippen molar-refractivity contribution in [1.82, 2.24) is 0 Å². The second-order valence-corrected chi connectivity index (χ2v) is 6.68. The summed E-state index contributed by atoms with van der Waals surface area (Å²) in [5, 5.41) is 6.14. The van der Waals surface area contributed by atoms with Crippen LogP contribution in [0.5, 0.6) is 0 Å². The van der Waals surface area contributed by atoms with Crippen molar-refractivity contribution in [2.75, 3.05) is 28.6 Å². The van der Waals surface area contributed by atoms with Gasteiger partial charge in [0.15, 0.2) is 0 Å². The van der Waals surface area contributed by atoms with Crippen molar-refractivity contribution in [1.29, 1.82) is 0 Å². The summed E-state index contributed by atoms with van der Waals surface area (Å²) in [4.78, 5) is 14.8. The molecule has 2 N–H and O–H groups in total. The Morgan fingerprint density at radius 3 is 2.50 bits per heavy atom. The third-order valence-corrected chi connectivity index (χ3v) is 4.66. The van der Waals surface area contributed by atoms with E-state index in [0.717, 1.165) is 30.0 Å². The predicted octanol–water partition coefficient (Wildman–Crippen LogP) is 4.10. The molecule has 0 aliphatic carbocycles. The van der Waals surface area contributed by atoms with Crippen LogP contribution < -0.4 is 15.5 Å². The minimum atomic E-state index is -0.371. The third-order valence-electron chi connectivity index (χ3n) is 4.66. The van der Waals surface area contributed by atoms with E-state index in [1.165, 1.54) is 24.9 Å². The summed E-state index contributed by atoms with van der Waals surface area (Å²) in [6, 6.07) is 15.2. The van der Waals surface area contributed by atoms with Gasteiger partial charge in [0.25, 0.3) is 0 Å². The van der Waals surface area contributed by atoms with Crippen LogP contribution in [0.1, 0.15) is 31.7 Å². The van der Waals surface area contributed by atoms with E-state index >= 15 is 0 Å². The molecular weight excluding hydrogens is 322 g/mol. The zero-order valence-corrected chi connectivity index (χ0v) is 15.2. The molecule has 134 valence electrons. The highest BCUT2D eigenvalue weighted by atomic mass is 16.2. The van der Waals surface area contributed by atoms with E-state index < -0.39 is 0 Å². The zero-order valence-electron chi connectivity index (χ0n) is 15.2. The number of piperidine rings is 1. The summed E-state index contributed by atoms with van der Waals surface area (Å²) >= 11 is 0. The Balaban J connectivity index is 1.57. The smallest absolute Gasteiger partial charge is 0.246 e. The first kappa shape index (κ1) is 17.9. The van der Waals surface area contributed by atoms with Gasteiger partial charge in [-0.25, -0.2) is 0 Å². The number of terminal acetylenes is 1. The number of carbonyl (C=O) groups excluding carboxylic acids is 1. The average molecular weight is 347 g/mol. The van der Waals surface area contributed by atoms with Crippen LogP contribution in [-0.2, 0) is 4.79 Å². The van der Waals surface area contributed by atoms with E-state index in [-0.39, 0.29) is 11.9 Å². The predicted molar refractivity (Wildman–Crippen MR) is 109 cm³/mol. The normalized spacial score (nSPS) is 15.0. The minimum absolute atomic E-state index is 0.0816. The molecule has 1 heterocycles. The summed E-state index contributed by atoms with van der Waals surface area (Å²) in [6.45, 7) is 4.06. The van der Waals surface area contributed by atoms with Gasteiger partial charge in [-0.15, -0.1) is 6.42 Å². The number of rotatable bonds is 5. The maximum Gasteiger partial charge on any atom is 0.246 e. The van der Waals surface area contributed by atoms with Gasteiger partial charge in [0.2, 0.25) is 5.91 Å². The van der Waals surface area contributed by atoms with E-state index in [4.69, 9.17) is 6.42 Å². The number of nitrogens with zero attached hydrogens (tertiary/aromatic N) is 1. The van der Waals surface area contributed by atoms with Crippen LogP contribution in [0, 0.1) is 12.3 Å². The standard InChI is InChI=1S/C22H25N3O/c1-3-18-8-7-9-20(16-18)23-17(2)22(26)24-19-10-12-21(13-11-19)25-14-5-4-6-15-25/h1,7-13,16-17,23H,4-6,14-15H2,2H3,(H,24,26). The monoisotopic (exact) mass is 347 g/mol. The maximum atomic E-state index is 12.4. The summed E-state index contributed by atoms with van der Waals surface area (Å²) < 4.78 is 0. The number of benzene rings is 2. The van der Waals surface area contributed by atoms with Gasteiger partial charge in [-0.2, -0.15) is 0 Å². The number of nitrogens with one attached hydrogen (secondary N) is 2. The van der Waals surface area contributed by atoms with Gasteiger partial charge < -0.3 is 15.5 Å². The molecule has 0 radical (unpaired) electrons. The van der Waals surface area contributed by atoms with Crippen molar-refractivity contribution >= 4 is 23.0 Å². The molecule has 2 aromatic carbocycles. The van der Waals surface area contributed by atoms with E-state index in [0.29, 0.717) is 0 Å². The molecule has 3 rings (SSSR count). The quantitative estimate of drug-likeness (QED) is 0.801. The lowest BCUT2D eigenvalue weighted by Gasteiger charge is -2.28. The molecule has 0 saturated carbocycles. The van der Waals surface area contributed by atoms with E-state index in [2.05, 4.69) is 33.6 Å². The Morgan fingerprint density at radius 2 is 1.81 bits per heavy atom. The Hall–Kier alpha value is -2.93. The molecule has 4 heteroatoms. The lowest BCUT2D eigenvalue weighted by molar-refractivity contribution is -0.116. The maximum absolute atomic E-state index is 12.4. The van der Waals surface area contributed by atoms with Crippen LogP contribution in [0.4, 0.5) is 17.1 Å². The van der Waals surface area contributed by atoms with Crippen LogP contribution in [0.25, 0.3) is 0 Å². The molecule has 4 nitrogen and oxygen atoms in total. The molecule has 0 spiro atoms. The summed E-state index contributed by atoms with van der Waals surface area (Å²) in [5.41, 5.74) is 3.65. The van der Waals surface area contributed by atoms with Gasteiger partial charge in [-0.1, -0.05) is 12.0 Å². The van der Waals surface area contributed by atoms with Crippen molar-refractivity contribution in [2.24, 2.45) is 0 Å². The number of carbonyl (C=O) groups is 1. The Morgan fingerprint density at radius 1 is 1.08 bits per heavy atom. The molecule has 0 aromatic heterocycles. The minimum Gasteiger partial charge on any atom is -0.374 e. The summed E-state index contributed by atoms with van der Waals surface area (Å²) in [6.07, 6.45) is 9.24. The van der Waals surface area contributed by atoms with Crippen molar-refractivity contribution < 1.29 is 4.79 Å². The molecule has 1 saturated heterocycles. The highest BCUT2D eigenvalue weighted by molar-refractivity contribution is 5.96. The molecule has 2 aromatic rings. The average Bonchev–Trinajstić information content (AvgIpc) is 2.69. The third kappa shape index (κ3) is 4.58. The fourth-order valence-corrected chi connectivity index (χ4v) is 3.17. The Kier molecular flexibility index (Phi) is 5.80. The van der Waals surface area contributed by atoms with Crippen molar-refractivity contribution in [3.63, 3.8) is 0 Å². The fourth-order valence-electron chi connectivity index (χ4n) is 3.17. The molecule has 1 aliphatic heterocycles. The van der Waals surface area contributed by atoms with Crippen LogP contribution in [-0.4, -0.2) is 25.0 Å². The van der Waals surface area contributed by atoms with Crippen molar-refractivity contribution in [2.45, 2.75) is 32.2 Å². The van der Waals surface area contributed by atoms with Crippen LogP contribution in [0.3, 0.4) is 0 Å². The fraction of sp³-hybridized carbons (Fsp3) is 0.318. The second kappa shape index (κ2) is 8.44. The van der Waals surface area contributed by atoms with Gasteiger partial charge in [0.1, 0.15) is 6.04 Å². The Bertz CT molecular complexity index is 786. The van der Waals surface area contributed by atoms with Gasteiger partial charge in [-0.05, 0) is 68.7 Å². The van der Waals surface area contributed by atoms with E-state index in [1.54, 1.807) is 0 Å². The number of amides is 1. The topological polar surface area (TPSA) is 44.4 Å². The van der Waals surface area contributed by atoms with Crippen LogP contribution >= 0.6 is 0 Å². The van der Waals surface area contributed by atoms with Crippen molar-refractivity contribution in [3.05, 3.63) is 54.1 Å². The lowest BCUT2D eigenvalue weighted by atomic mass is 10.1.